The van der Waals surface area contributed by atoms with Crippen LogP contribution in [0.3, 0.4) is 0 Å². The van der Waals surface area contributed by atoms with Crippen LogP contribution in [0.4, 0.5) is 5.69 Å². The van der Waals surface area contributed by atoms with Crippen molar-refractivity contribution in [2.75, 3.05) is 5.73 Å². The third-order valence-electron chi connectivity index (χ3n) is 2.00. The Morgan fingerprint density at radius 2 is 1.86 bits per heavy atom. The quantitative estimate of drug-likeness (QED) is 0.547. The Morgan fingerprint density at radius 3 is 2.14 bits per heavy atom. The fourth-order valence-corrected chi connectivity index (χ4v) is 0.901. The van der Waals surface area contributed by atoms with Crippen molar-refractivity contribution >= 4 is 11.9 Å². The van der Waals surface area contributed by atoms with Crippen LogP contribution in [0.2, 0.25) is 0 Å². The lowest BCUT2D eigenvalue weighted by Crippen LogP contribution is -1.94. The van der Waals surface area contributed by atoms with E-state index in [0.717, 1.165) is 11.1 Å². The highest BCUT2D eigenvalue weighted by Gasteiger charge is 1.96. The van der Waals surface area contributed by atoms with Crippen LogP contribution in [0.15, 0.2) is 18.2 Å². The van der Waals surface area contributed by atoms with Gasteiger partial charge in [0.2, 0.25) is 0 Å². The molecule has 0 aliphatic heterocycles. The highest BCUT2D eigenvalue weighted by atomic mass is 14.6. The second kappa shape index (κ2) is 7.13. The highest BCUT2D eigenvalue weighted by Crippen LogP contribution is 2.12. The lowest BCUT2D eigenvalue weighted by atomic mass is 10.1. The fraction of sp³-hybridized carbons (Fsp3) is 0.417. The van der Waals surface area contributed by atoms with E-state index in [1.54, 1.807) is 6.07 Å². The summed E-state index contributed by atoms with van der Waals surface area (Å²) in [6.07, 6.45) is 3.92. The predicted octanol–water partition coefficient (Wildman–Crippen LogP) is 3.38. The number of hydrogen-bond donors (Lipinski definition) is 2. The molecule has 78 valence electrons. The minimum Gasteiger partial charge on any atom is -0.398 e. The second-order valence-electron chi connectivity index (χ2n) is 3.22. The van der Waals surface area contributed by atoms with Crippen LogP contribution in [0.1, 0.15) is 37.8 Å². The van der Waals surface area contributed by atoms with Crippen LogP contribution >= 0.6 is 0 Å². The summed E-state index contributed by atoms with van der Waals surface area (Å²) < 4.78 is 0. The first kappa shape index (κ1) is 12.7. The molecule has 0 heterocycles. The zero-order chi connectivity index (χ0) is 11.0. The molecule has 0 aliphatic carbocycles. The summed E-state index contributed by atoms with van der Waals surface area (Å²) in [4.78, 5) is 0. The van der Waals surface area contributed by atoms with Gasteiger partial charge in [0.15, 0.2) is 0 Å². The Kier molecular flexibility index (Phi) is 6.46. The smallest absolute Gasteiger partial charge is 0.0405 e. The maximum atomic E-state index is 7.02. The molecule has 0 aromatic heterocycles. The van der Waals surface area contributed by atoms with Crippen LogP contribution in [-0.4, -0.2) is 6.21 Å². The van der Waals surface area contributed by atoms with Gasteiger partial charge in [-0.05, 0) is 18.6 Å². The molecule has 0 saturated heterocycles. The van der Waals surface area contributed by atoms with Crippen LogP contribution in [0.5, 0.6) is 0 Å². The van der Waals surface area contributed by atoms with E-state index in [0.29, 0.717) is 5.69 Å². The lowest BCUT2D eigenvalue weighted by molar-refractivity contribution is 0.886. The molecule has 0 unspecified atom stereocenters. The number of aryl methyl sites for hydroxylation is 1. The van der Waals surface area contributed by atoms with Gasteiger partial charge in [-0.2, -0.15) is 0 Å². The van der Waals surface area contributed by atoms with Gasteiger partial charge in [-0.1, -0.05) is 38.8 Å². The number of benzene rings is 1. The predicted molar refractivity (Wildman–Crippen MR) is 64.1 cm³/mol. The first-order chi connectivity index (χ1) is 6.67. The van der Waals surface area contributed by atoms with E-state index in [1.807, 2.05) is 19.1 Å². The van der Waals surface area contributed by atoms with E-state index >= 15 is 0 Å². The first-order valence-electron chi connectivity index (χ1n) is 5.02. The number of nitrogens with one attached hydrogen (secondary N) is 1. The van der Waals surface area contributed by atoms with E-state index in [-0.39, 0.29) is 0 Å². The summed E-state index contributed by atoms with van der Waals surface area (Å²) in [6, 6.07) is 5.63. The Morgan fingerprint density at radius 1 is 1.29 bits per heavy atom. The van der Waals surface area contributed by atoms with Crippen molar-refractivity contribution < 1.29 is 0 Å². The zero-order valence-corrected chi connectivity index (χ0v) is 9.30. The van der Waals surface area contributed by atoms with Crippen LogP contribution in [0, 0.1) is 12.3 Å². The van der Waals surface area contributed by atoms with Gasteiger partial charge in [0.05, 0.1) is 0 Å². The molecular formula is C12H20N2. The van der Waals surface area contributed by atoms with Crippen LogP contribution < -0.4 is 5.73 Å². The van der Waals surface area contributed by atoms with Gasteiger partial charge in [-0.25, -0.2) is 0 Å². The van der Waals surface area contributed by atoms with E-state index in [9.17, 15) is 0 Å². The molecule has 0 bridgehead atoms. The molecule has 0 amide bonds. The summed E-state index contributed by atoms with van der Waals surface area (Å²) in [5, 5.41) is 7.02. The average Bonchev–Trinajstić information content (AvgIpc) is 2.19. The van der Waals surface area contributed by atoms with Gasteiger partial charge >= 0.3 is 0 Å². The lowest BCUT2D eigenvalue weighted by Gasteiger charge is -2.01. The molecule has 1 aromatic rings. The van der Waals surface area contributed by atoms with Crippen molar-refractivity contribution in [3.05, 3.63) is 29.3 Å². The molecule has 3 N–H and O–H groups in total. The molecule has 0 fully saturated rings. The fourth-order valence-electron chi connectivity index (χ4n) is 0.901. The summed E-state index contributed by atoms with van der Waals surface area (Å²) in [5.74, 6) is 0. The van der Waals surface area contributed by atoms with E-state index in [1.165, 1.54) is 19.1 Å². The molecule has 1 rings (SSSR count). The van der Waals surface area contributed by atoms with Gasteiger partial charge in [-0.15, -0.1) is 0 Å². The third-order valence-corrected chi connectivity index (χ3v) is 2.00. The van der Waals surface area contributed by atoms with Crippen LogP contribution in [-0.2, 0) is 0 Å². The van der Waals surface area contributed by atoms with E-state index < -0.39 is 0 Å². The highest BCUT2D eigenvalue weighted by molar-refractivity contribution is 5.86. The summed E-state index contributed by atoms with van der Waals surface area (Å²) in [5.41, 5.74) is 8.13. The van der Waals surface area contributed by atoms with Crippen molar-refractivity contribution in [1.29, 1.82) is 5.41 Å². The SMILES string of the molecule is CCCC.Cc1cccc(N)c1C=N. The van der Waals surface area contributed by atoms with Crippen molar-refractivity contribution in [2.45, 2.75) is 33.6 Å². The minimum absolute atomic E-state index is 0.676. The Bertz CT molecular complexity index is 257. The number of nitrogens with two attached hydrogens (primary N) is 1. The number of rotatable bonds is 2. The summed E-state index contributed by atoms with van der Waals surface area (Å²) in [7, 11) is 0. The Balaban J connectivity index is 0.000000364. The molecular weight excluding hydrogens is 172 g/mol. The maximum Gasteiger partial charge on any atom is 0.0405 e. The van der Waals surface area contributed by atoms with Crippen molar-refractivity contribution in [2.24, 2.45) is 0 Å². The van der Waals surface area contributed by atoms with Crippen LogP contribution in [0.25, 0.3) is 0 Å². The number of anilines is 1. The van der Waals surface area contributed by atoms with Gasteiger partial charge in [0.1, 0.15) is 0 Å². The van der Waals surface area contributed by atoms with Crippen molar-refractivity contribution in [1.82, 2.24) is 0 Å². The van der Waals surface area contributed by atoms with Gasteiger partial charge in [0, 0.05) is 17.5 Å². The van der Waals surface area contributed by atoms with Crippen molar-refractivity contribution in [3.63, 3.8) is 0 Å². The van der Waals surface area contributed by atoms with Gasteiger partial charge in [-0.3, -0.25) is 0 Å². The third kappa shape index (κ3) is 4.08. The van der Waals surface area contributed by atoms with E-state index in [4.69, 9.17) is 11.1 Å². The molecule has 2 nitrogen and oxygen atoms in total. The molecule has 1 aromatic carbocycles. The maximum absolute atomic E-state index is 7.02. The largest absolute Gasteiger partial charge is 0.398 e. The molecule has 0 atom stereocenters. The topological polar surface area (TPSA) is 49.9 Å². The molecule has 14 heavy (non-hydrogen) atoms. The molecule has 0 radical (unpaired) electrons. The average molecular weight is 192 g/mol. The van der Waals surface area contributed by atoms with E-state index in [2.05, 4.69) is 13.8 Å². The summed E-state index contributed by atoms with van der Waals surface area (Å²) >= 11 is 0. The standard InChI is InChI=1S/C8H10N2.C4H10/c1-6-3-2-4-8(10)7(6)5-9;1-3-4-2/h2-5,9H,10H2,1H3;3-4H2,1-2H3. The summed E-state index contributed by atoms with van der Waals surface area (Å²) in [6.45, 7) is 6.30. The van der Waals surface area contributed by atoms with Gasteiger partial charge < -0.3 is 11.1 Å². The minimum atomic E-state index is 0.676. The number of unbranched alkanes of at least 4 members (excludes halogenated alkanes) is 1. The zero-order valence-electron chi connectivity index (χ0n) is 9.30. The normalized spacial score (nSPS) is 8.79. The Labute approximate surface area is 86.7 Å². The molecule has 0 saturated carbocycles. The van der Waals surface area contributed by atoms with Crippen molar-refractivity contribution in [3.8, 4) is 0 Å². The number of hydrogen-bond acceptors (Lipinski definition) is 2. The van der Waals surface area contributed by atoms with Gasteiger partial charge in [0.25, 0.3) is 0 Å². The monoisotopic (exact) mass is 192 g/mol. The molecule has 0 spiro atoms. The molecule has 2 heteroatoms. The Hall–Kier alpha value is -1.31. The number of nitrogen functional groups attached to an aromatic ring is 1. The first-order valence-corrected chi connectivity index (χ1v) is 5.02. The second-order valence-corrected chi connectivity index (χ2v) is 3.22. The molecule has 0 aliphatic rings.